The van der Waals surface area contributed by atoms with Gasteiger partial charge in [0.15, 0.2) is 0 Å². The maximum Gasteiger partial charge on any atom is 0.125 e. The van der Waals surface area contributed by atoms with Crippen LogP contribution in [0, 0.1) is 0 Å². The molecule has 0 aliphatic rings. The summed E-state index contributed by atoms with van der Waals surface area (Å²) in [5.74, 6) is -0.349. The molecule has 0 atom stereocenters. The lowest BCUT2D eigenvalue weighted by Crippen LogP contribution is -1.82. The Balaban J connectivity index is 4.22. The molecule has 0 heterocycles. The molecule has 0 saturated carbocycles. The average molecular weight is 156 g/mol. The van der Waals surface area contributed by atoms with Crippen LogP contribution in [-0.2, 0) is 0 Å². The van der Waals surface area contributed by atoms with Crippen molar-refractivity contribution in [3.63, 3.8) is 0 Å². The summed E-state index contributed by atoms with van der Waals surface area (Å²) in [7, 11) is 0. The molecule has 0 unspecified atom stereocenters. The molecule has 0 aliphatic carbocycles. The van der Waals surface area contributed by atoms with E-state index >= 15 is 0 Å². The SMILES string of the molecule is C=C(C)/C(F)=C\C=C(/C)CO. The molecule has 62 valence electrons. The van der Waals surface area contributed by atoms with Crippen LogP contribution in [0.2, 0.25) is 0 Å². The predicted molar refractivity (Wildman–Crippen MR) is 44.8 cm³/mol. The summed E-state index contributed by atoms with van der Waals surface area (Å²) in [6.45, 7) is 6.70. The second-order valence-corrected chi connectivity index (χ2v) is 2.47. The molecule has 1 N–H and O–H groups in total. The third-order valence-electron chi connectivity index (χ3n) is 1.17. The molecule has 2 heteroatoms. The van der Waals surface area contributed by atoms with Crippen LogP contribution < -0.4 is 0 Å². The average Bonchev–Trinajstić information content (AvgIpc) is 1.99. The maximum absolute atomic E-state index is 12.7. The fourth-order valence-electron chi connectivity index (χ4n) is 0.410. The predicted octanol–water partition coefficient (Wildman–Crippen LogP) is 2.35. The van der Waals surface area contributed by atoms with Gasteiger partial charge in [-0.15, -0.1) is 0 Å². The molecule has 0 aromatic carbocycles. The van der Waals surface area contributed by atoms with Crippen LogP contribution in [0.3, 0.4) is 0 Å². The highest BCUT2D eigenvalue weighted by Gasteiger charge is 1.91. The van der Waals surface area contributed by atoms with Gasteiger partial charge in [-0.25, -0.2) is 4.39 Å². The number of rotatable bonds is 3. The van der Waals surface area contributed by atoms with E-state index in [1.165, 1.54) is 12.2 Å². The highest BCUT2D eigenvalue weighted by Crippen LogP contribution is 2.08. The molecule has 0 rings (SSSR count). The van der Waals surface area contributed by atoms with E-state index in [0.29, 0.717) is 5.57 Å². The first-order valence-electron chi connectivity index (χ1n) is 3.37. The van der Waals surface area contributed by atoms with Crippen molar-refractivity contribution in [2.75, 3.05) is 6.61 Å². The minimum absolute atomic E-state index is 0.0417. The van der Waals surface area contributed by atoms with Crippen molar-refractivity contribution in [1.29, 1.82) is 0 Å². The Kier molecular flexibility index (Phi) is 4.46. The Morgan fingerprint density at radius 3 is 2.36 bits per heavy atom. The third kappa shape index (κ3) is 4.51. The van der Waals surface area contributed by atoms with Gasteiger partial charge in [-0.05, 0) is 31.1 Å². The van der Waals surface area contributed by atoms with Crippen LogP contribution in [0.5, 0.6) is 0 Å². The van der Waals surface area contributed by atoms with Gasteiger partial charge >= 0.3 is 0 Å². The van der Waals surface area contributed by atoms with Gasteiger partial charge < -0.3 is 5.11 Å². The molecule has 0 aromatic heterocycles. The first kappa shape index (κ1) is 10.1. The van der Waals surface area contributed by atoms with Gasteiger partial charge in [0.25, 0.3) is 0 Å². The Bertz CT molecular complexity index is 202. The van der Waals surface area contributed by atoms with Crippen LogP contribution in [0.15, 0.2) is 35.7 Å². The summed E-state index contributed by atoms with van der Waals surface area (Å²) in [5, 5.41) is 8.54. The number of allylic oxidation sites excluding steroid dienone is 4. The molecule has 0 aliphatic heterocycles. The topological polar surface area (TPSA) is 20.2 Å². The van der Waals surface area contributed by atoms with E-state index in [4.69, 9.17) is 5.11 Å². The van der Waals surface area contributed by atoms with Gasteiger partial charge in [0.1, 0.15) is 5.83 Å². The van der Waals surface area contributed by atoms with Crippen molar-refractivity contribution in [2.24, 2.45) is 0 Å². The van der Waals surface area contributed by atoms with Gasteiger partial charge in [0.2, 0.25) is 0 Å². The van der Waals surface area contributed by atoms with Gasteiger partial charge in [-0.2, -0.15) is 0 Å². The second kappa shape index (κ2) is 4.85. The molecule has 0 amide bonds. The normalized spacial score (nSPS) is 13.5. The van der Waals surface area contributed by atoms with Gasteiger partial charge in [-0.1, -0.05) is 12.7 Å². The van der Waals surface area contributed by atoms with Gasteiger partial charge in [0, 0.05) is 0 Å². The lowest BCUT2D eigenvalue weighted by molar-refractivity contribution is 0.331. The highest BCUT2D eigenvalue weighted by molar-refractivity contribution is 5.25. The summed E-state index contributed by atoms with van der Waals surface area (Å²) in [6, 6.07) is 0. The zero-order valence-electron chi connectivity index (χ0n) is 6.89. The molecule has 11 heavy (non-hydrogen) atoms. The quantitative estimate of drug-likeness (QED) is 0.622. The number of aliphatic hydroxyl groups is 1. The van der Waals surface area contributed by atoms with E-state index in [9.17, 15) is 4.39 Å². The maximum atomic E-state index is 12.7. The molecule has 1 nitrogen and oxygen atoms in total. The lowest BCUT2D eigenvalue weighted by Gasteiger charge is -1.92. The Labute approximate surface area is 66.5 Å². The zero-order valence-corrected chi connectivity index (χ0v) is 6.89. The van der Waals surface area contributed by atoms with Crippen LogP contribution >= 0.6 is 0 Å². The van der Waals surface area contributed by atoms with E-state index < -0.39 is 0 Å². The van der Waals surface area contributed by atoms with E-state index in [1.807, 2.05) is 0 Å². The fraction of sp³-hybridized carbons (Fsp3) is 0.333. The van der Waals surface area contributed by atoms with E-state index in [2.05, 4.69) is 6.58 Å². The van der Waals surface area contributed by atoms with E-state index in [0.717, 1.165) is 5.57 Å². The molecule has 0 aromatic rings. The summed E-state index contributed by atoms with van der Waals surface area (Å²) in [5.41, 5.74) is 1.12. The Morgan fingerprint density at radius 2 is 2.00 bits per heavy atom. The number of hydrogen-bond donors (Lipinski definition) is 1. The molecule has 0 bridgehead atoms. The molecule has 0 spiro atoms. The fourth-order valence-corrected chi connectivity index (χ4v) is 0.410. The van der Waals surface area contributed by atoms with Crippen LogP contribution in [0.1, 0.15) is 13.8 Å². The summed E-state index contributed by atoms with van der Waals surface area (Å²) >= 11 is 0. The van der Waals surface area contributed by atoms with Crippen LogP contribution in [0.4, 0.5) is 4.39 Å². The van der Waals surface area contributed by atoms with Crippen molar-refractivity contribution in [2.45, 2.75) is 13.8 Å². The van der Waals surface area contributed by atoms with Gasteiger partial charge in [-0.3, -0.25) is 0 Å². The number of aliphatic hydroxyl groups excluding tert-OH is 1. The minimum Gasteiger partial charge on any atom is -0.392 e. The second-order valence-electron chi connectivity index (χ2n) is 2.47. The van der Waals surface area contributed by atoms with Crippen LogP contribution in [-0.4, -0.2) is 11.7 Å². The molecular formula is C9H13FO. The summed E-state index contributed by atoms with van der Waals surface area (Å²) in [6.07, 6.45) is 2.83. The smallest absolute Gasteiger partial charge is 0.125 e. The van der Waals surface area contributed by atoms with E-state index in [1.54, 1.807) is 13.8 Å². The van der Waals surface area contributed by atoms with Crippen molar-refractivity contribution >= 4 is 0 Å². The van der Waals surface area contributed by atoms with Crippen molar-refractivity contribution in [1.82, 2.24) is 0 Å². The number of hydrogen-bond acceptors (Lipinski definition) is 1. The number of halogens is 1. The Hall–Kier alpha value is -0.890. The van der Waals surface area contributed by atoms with Crippen molar-refractivity contribution < 1.29 is 9.50 Å². The Morgan fingerprint density at radius 1 is 1.45 bits per heavy atom. The molecule has 0 fully saturated rings. The largest absolute Gasteiger partial charge is 0.392 e. The van der Waals surface area contributed by atoms with Crippen molar-refractivity contribution in [3.05, 3.63) is 35.7 Å². The third-order valence-corrected chi connectivity index (χ3v) is 1.17. The summed E-state index contributed by atoms with van der Waals surface area (Å²) in [4.78, 5) is 0. The summed E-state index contributed by atoms with van der Waals surface area (Å²) < 4.78 is 12.7. The van der Waals surface area contributed by atoms with Crippen molar-refractivity contribution in [3.8, 4) is 0 Å². The van der Waals surface area contributed by atoms with Gasteiger partial charge in [0.05, 0.1) is 6.61 Å². The first-order valence-corrected chi connectivity index (χ1v) is 3.37. The standard InChI is InChI=1S/C9H13FO/c1-7(2)9(10)5-4-8(3)6-11/h4-5,11H,1,6H2,2-3H3/b8-4+,9-5+. The molecule has 0 radical (unpaired) electrons. The minimum atomic E-state index is -0.349. The molecular weight excluding hydrogens is 143 g/mol. The first-order chi connectivity index (χ1) is 5.07. The zero-order chi connectivity index (χ0) is 8.85. The van der Waals surface area contributed by atoms with Crippen LogP contribution in [0.25, 0.3) is 0 Å². The monoisotopic (exact) mass is 156 g/mol. The highest BCUT2D eigenvalue weighted by atomic mass is 19.1. The van der Waals surface area contributed by atoms with E-state index in [-0.39, 0.29) is 12.4 Å². The lowest BCUT2D eigenvalue weighted by atomic mass is 10.2. The molecule has 0 saturated heterocycles.